The number of aliphatic imine (C=N–C) groups is 2. The smallest absolute Gasteiger partial charge is 0.287 e. The third-order valence-corrected chi connectivity index (χ3v) is 3.87. The first-order chi connectivity index (χ1) is 12.8. The van der Waals surface area contributed by atoms with E-state index < -0.39 is 23.6 Å². The van der Waals surface area contributed by atoms with Gasteiger partial charge in [-0.2, -0.15) is 9.98 Å². The second kappa shape index (κ2) is 11.9. The maximum absolute atomic E-state index is 11.9. The molecule has 0 spiro atoms. The van der Waals surface area contributed by atoms with Gasteiger partial charge in [0, 0.05) is 24.9 Å². The van der Waals surface area contributed by atoms with E-state index in [4.69, 9.17) is 5.26 Å². The Hall–Kier alpha value is -2.67. The minimum absolute atomic E-state index is 0.0564. The molecule has 2 N–H and O–H groups in total. The van der Waals surface area contributed by atoms with Crippen LogP contribution >= 0.6 is 0 Å². The van der Waals surface area contributed by atoms with Crippen LogP contribution in [-0.2, 0) is 27.7 Å². The summed E-state index contributed by atoms with van der Waals surface area (Å²) in [5.41, 5.74) is 3.70. The second-order valence-corrected chi connectivity index (χ2v) is 6.62. The van der Waals surface area contributed by atoms with E-state index in [1.807, 2.05) is 0 Å². The lowest BCUT2D eigenvalue weighted by Crippen LogP contribution is -2.24. The van der Waals surface area contributed by atoms with E-state index >= 15 is 0 Å². The Kier molecular flexibility index (Phi) is 9.83. The number of carbonyl (C=O) groups excluding carboxylic acids is 1. The summed E-state index contributed by atoms with van der Waals surface area (Å²) in [7, 11) is 4.88. The lowest BCUT2D eigenvalue weighted by atomic mass is 9.92. The Morgan fingerprint density at radius 2 is 2.19 bits per heavy atom. The van der Waals surface area contributed by atoms with E-state index in [-0.39, 0.29) is 12.2 Å². The summed E-state index contributed by atoms with van der Waals surface area (Å²) >= 11 is -1.54. The van der Waals surface area contributed by atoms with E-state index in [1.54, 1.807) is 34.1 Å². The maximum atomic E-state index is 11.9. The number of hydrogen-bond acceptors (Lipinski definition) is 8. The van der Waals surface area contributed by atoms with Crippen LogP contribution in [0.1, 0.15) is 5.56 Å². The largest absolute Gasteiger partial charge is 0.571 e. The third kappa shape index (κ3) is 8.51. The number of rotatable bonds is 7. The molecule has 0 saturated heterocycles. The first-order valence-electron chi connectivity index (χ1n) is 7.50. The van der Waals surface area contributed by atoms with Crippen LogP contribution in [0.15, 0.2) is 44.5 Å². The molecule has 1 rings (SSSR count). The average molecular weight is 388 g/mol. The summed E-state index contributed by atoms with van der Waals surface area (Å²) in [6.45, 7) is 0. The van der Waals surface area contributed by atoms with Gasteiger partial charge in [-0.15, -0.1) is 4.31 Å². The van der Waals surface area contributed by atoms with Crippen molar-refractivity contribution in [3.8, 4) is 5.75 Å². The van der Waals surface area contributed by atoms with Gasteiger partial charge >= 0.3 is 0 Å². The lowest BCUT2D eigenvalue weighted by Gasteiger charge is -2.10. The molecular weight excluding hydrogens is 371 g/mol. The number of benzene rings is 1. The van der Waals surface area contributed by atoms with Crippen molar-refractivity contribution in [2.24, 2.45) is 14.4 Å². The van der Waals surface area contributed by atoms with Gasteiger partial charge in [0.15, 0.2) is 6.10 Å². The highest BCUT2D eigenvalue weighted by molar-refractivity contribution is 7.87. The SMILES string of the molecule is Bc1cc(C[C@@H](OO)C(=O)N=C=C=NC=C=C=N[S+]([O-])N(C)C)ccc1O. The molecule has 0 bridgehead atoms. The summed E-state index contributed by atoms with van der Waals surface area (Å²) in [6, 6.07) is 4.75. The number of nitrogens with zero attached hydrogens (tertiary/aromatic N) is 4. The molecule has 0 aromatic heterocycles. The van der Waals surface area contributed by atoms with Gasteiger partial charge in [0.1, 0.15) is 13.6 Å². The van der Waals surface area contributed by atoms with Gasteiger partial charge < -0.3 is 9.66 Å². The number of hydrogen-bond donors (Lipinski definition) is 2. The number of carbonyl (C=O) groups is 1. The molecule has 140 valence electrons. The van der Waals surface area contributed by atoms with Gasteiger partial charge in [-0.3, -0.25) is 10.1 Å². The van der Waals surface area contributed by atoms with Crippen molar-refractivity contribution >= 4 is 48.4 Å². The molecule has 0 aliphatic rings. The van der Waals surface area contributed by atoms with Crippen molar-refractivity contribution < 1.29 is 24.6 Å². The average Bonchev–Trinajstić information content (AvgIpc) is 2.64. The Balaban J connectivity index is 2.74. The Morgan fingerprint density at radius 1 is 1.44 bits per heavy atom. The van der Waals surface area contributed by atoms with Crippen molar-refractivity contribution in [2.75, 3.05) is 14.1 Å². The van der Waals surface area contributed by atoms with Gasteiger partial charge in [-0.1, -0.05) is 12.1 Å². The van der Waals surface area contributed by atoms with Gasteiger partial charge in [0.05, 0.1) is 23.8 Å². The molecule has 2 atom stereocenters. The summed E-state index contributed by atoms with van der Waals surface area (Å²) in [5, 5.41) is 18.4. The van der Waals surface area contributed by atoms with Crippen LogP contribution in [0.3, 0.4) is 0 Å². The molecule has 1 amide bonds. The van der Waals surface area contributed by atoms with E-state index in [1.165, 1.54) is 10.4 Å². The van der Waals surface area contributed by atoms with Crippen LogP contribution in [-0.4, -0.2) is 70.8 Å². The second-order valence-electron chi connectivity index (χ2n) is 5.24. The highest BCUT2D eigenvalue weighted by atomic mass is 32.2. The lowest BCUT2D eigenvalue weighted by molar-refractivity contribution is -0.270. The molecule has 0 aliphatic heterocycles. The van der Waals surface area contributed by atoms with Crippen molar-refractivity contribution in [1.82, 2.24) is 4.31 Å². The minimum Gasteiger partial charge on any atom is -0.571 e. The van der Waals surface area contributed by atoms with Crippen LogP contribution < -0.4 is 5.46 Å². The van der Waals surface area contributed by atoms with Crippen LogP contribution in [0.5, 0.6) is 5.75 Å². The molecule has 9 nitrogen and oxygen atoms in total. The minimum atomic E-state index is -1.54. The van der Waals surface area contributed by atoms with Crippen molar-refractivity contribution in [1.29, 1.82) is 0 Å². The number of phenols is 1. The van der Waals surface area contributed by atoms with E-state index in [2.05, 4.69) is 42.6 Å². The zero-order valence-corrected chi connectivity index (χ0v) is 15.7. The summed E-state index contributed by atoms with van der Waals surface area (Å²) in [4.78, 5) is 23.0. The maximum Gasteiger partial charge on any atom is 0.287 e. The van der Waals surface area contributed by atoms with Crippen LogP contribution in [0, 0.1) is 0 Å². The summed E-state index contributed by atoms with van der Waals surface area (Å²) in [5.74, 6) is 5.99. The van der Waals surface area contributed by atoms with Gasteiger partial charge in [-0.05, 0) is 22.8 Å². The number of amides is 1. The molecule has 0 fully saturated rings. The van der Waals surface area contributed by atoms with Crippen molar-refractivity contribution in [3.63, 3.8) is 0 Å². The molecular formula is C16H17BN4O5S. The predicted molar refractivity (Wildman–Crippen MR) is 105 cm³/mol. The quantitative estimate of drug-likeness (QED) is 0.153. The molecule has 0 aliphatic carbocycles. The Bertz CT molecular complexity index is 866. The van der Waals surface area contributed by atoms with Crippen molar-refractivity contribution in [3.05, 3.63) is 35.7 Å². The van der Waals surface area contributed by atoms with Gasteiger partial charge in [-0.25, -0.2) is 4.89 Å². The zero-order chi connectivity index (χ0) is 20.2. The normalized spacial score (nSPS) is 11.9. The molecule has 0 heterocycles. The molecule has 27 heavy (non-hydrogen) atoms. The van der Waals surface area contributed by atoms with Crippen LogP contribution in [0.25, 0.3) is 0 Å². The zero-order valence-electron chi connectivity index (χ0n) is 14.9. The highest BCUT2D eigenvalue weighted by Crippen LogP contribution is 2.10. The first kappa shape index (κ1) is 22.4. The fraction of sp³-hybridized carbons (Fsp3) is 0.250. The molecule has 11 heteroatoms. The number of phenolic OH excluding ortho intramolecular Hbond substituents is 1. The monoisotopic (exact) mass is 388 g/mol. The standard InChI is InChI=1S/C16H17BN4O5S/c1-21(2)27(25)20-7-3-6-18-8-9-19-16(23)15(26-24)11-12-4-5-14(22)13(17)10-12/h4-6,10,15,22,24H,11,17H2,1-2H3/t15-,27?/m1/s1. The van der Waals surface area contributed by atoms with Crippen LogP contribution in [0.4, 0.5) is 0 Å². The van der Waals surface area contributed by atoms with Gasteiger partial charge in [0.25, 0.3) is 5.91 Å². The fourth-order valence-electron chi connectivity index (χ4n) is 1.65. The van der Waals surface area contributed by atoms with Crippen molar-refractivity contribution in [2.45, 2.75) is 12.5 Å². The van der Waals surface area contributed by atoms with Gasteiger partial charge in [0.2, 0.25) is 11.5 Å². The van der Waals surface area contributed by atoms with E-state index in [9.17, 15) is 14.5 Å². The third-order valence-electron chi connectivity index (χ3n) is 3.00. The number of aromatic hydroxyl groups is 1. The molecule has 1 aromatic carbocycles. The van der Waals surface area contributed by atoms with E-state index in [0.717, 1.165) is 6.20 Å². The molecule has 1 aromatic rings. The Morgan fingerprint density at radius 3 is 2.81 bits per heavy atom. The molecule has 1 unspecified atom stereocenters. The first-order valence-corrected chi connectivity index (χ1v) is 8.57. The highest BCUT2D eigenvalue weighted by Gasteiger charge is 2.19. The topological polar surface area (TPSA) is 130 Å². The fourth-order valence-corrected chi connectivity index (χ4v) is 1.94. The summed E-state index contributed by atoms with van der Waals surface area (Å²) in [6.07, 6.45) is -0.0597. The molecule has 0 saturated carbocycles. The predicted octanol–water partition coefficient (Wildman–Crippen LogP) is -1.05. The molecule has 0 radical (unpaired) electrons. The summed E-state index contributed by atoms with van der Waals surface area (Å²) < 4.78 is 16.1. The van der Waals surface area contributed by atoms with E-state index in [0.29, 0.717) is 11.0 Å². The van der Waals surface area contributed by atoms with Crippen LogP contribution in [0.2, 0.25) is 0 Å². The Labute approximate surface area is 160 Å².